The number of hydrogen-bond acceptors (Lipinski definition) is 3. The fourth-order valence-electron chi connectivity index (χ4n) is 1.07. The number of rotatable bonds is 2. The maximum absolute atomic E-state index is 12.7. The lowest BCUT2D eigenvalue weighted by atomic mass is 10.4. The third kappa shape index (κ3) is 2.54. The molecule has 0 atom stereocenters. The highest BCUT2D eigenvalue weighted by atomic mass is 19.4. The predicted molar refractivity (Wildman–Crippen MR) is 43.6 cm³/mol. The van der Waals surface area contributed by atoms with E-state index < -0.39 is 17.9 Å². The van der Waals surface area contributed by atoms with E-state index >= 15 is 0 Å². The molecule has 0 radical (unpaired) electrons. The molecule has 0 aromatic carbocycles. The molecule has 82 valence electrons. The Kier molecular flexibility index (Phi) is 2.24. The first-order valence-corrected chi connectivity index (χ1v) is 4.33. The second-order valence-electron chi connectivity index (χ2n) is 3.32. The summed E-state index contributed by atoms with van der Waals surface area (Å²) in [6.45, 7) is 0. The summed E-state index contributed by atoms with van der Waals surface area (Å²) >= 11 is 0. The fourth-order valence-corrected chi connectivity index (χ4v) is 1.07. The second kappa shape index (κ2) is 3.32. The van der Waals surface area contributed by atoms with Crippen molar-refractivity contribution in [3.05, 3.63) is 17.8 Å². The SMILES string of the molecule is Fc1nc(NC2CC2)cc(C(F)(F)F)n1. The van der Waals surface area contributed by atoms with E-state index in [1.54, 1.807) is 0 Å². The predicted octanol–water partition coefficient (Wildman–Crippen LogP) is 2.21. The van der Waals surface area contributed by atoms with Gasteiger partial charge in [0.2, 0.25) is 0 Å². The zero-order valence-electron chi connectivity index (χ0n) is 7.48. The van der Waals surface area contributed by atoms with Crippen LogP contribution in [0.4, 0.5) is 23.4 Å². The van der Waals surface area contributed by atoms with Gasteiger partial charge in [-0.05, 0) is 12.8 Å². The van der Waals surface area contributed by atoms with Gasteiger partial charge in [0.05, 0.1) is 0 Å². The molecule has 1 N–H and O–H groups in total. The molecule has 1 aromatic heterocycles. The molecule has 0 amide bonds. The summed E-state index contributed by atoms with van der Waals surface area (Å²) in [7, 11) is 0. The van der Waals surface area contributed by atoms with E-state index in [0.717, 1.165) is 12.8 Å². The normalized spacial score (nSPS) is 16.5. The Morgan fingerprint density at radius 3 is 2.47 bits per heavy atom. The van der Waals surface area contributed by atoms with Gasteiger partial charge in [-0.2, -0.15) is 27.5 Å². The van der Waals surface area contributed by atoms with Gasteiger partial charge in [-0.1, -0.05) is 0 Å². The molecule has 0 unspecified atom stereocenters. The molecule has 1 fully saturated rings. The molecule has 1 aliphatic carbocycles. The smallest absolute Gasteiger partial charge is 0.367 e. The fraction of sp³-hybridized carbons (Fsp3) is 0.500. The van der Waals surface area contributed by atoms with Gasteiger partial charge < -0.3 is 5.32 Å². The van der Waals surface area contributed by atoms with Crippen molar-refractivity contribution >= 4 is 5.82 Å². The van der Waals surface area contributed by atoms with Crippen LogP contribution in [0.2, 0.25) is 0 Å². The molecular formula is C8H7F4N3. The Morgan fingerprint density at radius 1 is 1.27 bits per heavy atom. The molecule has 1 aromatic rings. The molecule has 1 saturated carbocycles. The lowest BCUT2D eigenvalue weighted by molar-refractivity contribution is -0.141. The van der Waals surface area contributed by atoms with Crippen molar-refractivity contribution in [2.45, 2.75) is 25.1 Å². The first-order chi connectivity index (χ1) is 6.95. The number of nitrogens with zero attached hydrogens (tertiary/aromatic N) is 2. The Hall–Kier alpha value is -1.40. The van der Waals surface area contributed by atoms with Gasteiger partial charge in [0, 0.05) is 12.1 Å². The molecule has 0 spiro atoms. The molecule has 2 rings (SSSR count). The van der Waals surface area contributed by atoms with Gasteiger partial charge in [0.15, 0.2) is 5.69 Å². The number of aromatic nitrogens is 2. The van der Waals surface area contributed by atoms with Crippen molar-refractivity contribution in [3.63, 3.8) is 0 Å². The summed E-state index contributed by atoms with van der Waals surface area (Å²) in [6, 6.07) is 0.821. The molecular weight excluding hydrogens is 214 g/mol. The van der Waals surface area contributed by atoms with E-state index in [0.29, 0.717) is 6.07 Å². The van der Waals surface area contributed by atoms with Crippen LogP contribution in [0.3, 0.4) is 0 Å². The summed E-state index contributed by atoms with van der Waals surface area (Å²) < 4.78 is 49.3. The van der Waals surface area contributed by atoms with Crippen LogP contribution in [-0.2, 0) is 6.18 Å². The van der Waals surface area contributed by atoms with Crippen LogP contribution in [-0.4, -0.2) is 16.0 Å². The summed E-state index contributed by atoms with van der Waals surface area (Å²) in [5.41, 5.74) is -1.27. The Labute approximate surface area is 82.5 Å². The summed E-state index contributed by atoms with van der Waals surface area (Å²) in [6.07, 6.45) is -4.28. The standard InChI is InChI=1S/C8H7F4N3/c9-7-14-5(8(10,11)12)3-6(15-7)13-4-1-2-4/h3-4H,1-2H2,(H,13,14,15). The molecule has 3 nitrogen and oxygen atoms in total. The zero-order valence-corrected chi connectivity index (χ0v) is 7.48. The van der Waals surface area contributed by atoms with E-state index in [9.17, 15) is 17.6 Å². The van der Waals surface area contributed by atoms with Crippen molar-refractivity contribution in [2.75, 3.05) is 5.32 Å². The van der Waals surface area contributed by atoms with Gasteiger partial charge in [-0.3, -0.25) is 0 Å². The van der Waals surface area contributed by atoms with Crippen LogP contribution in [0.5, 0.6) is 0 Å². The largest absolute Gasteiger partial charge is 0.433 e. The summed E-state index contributed by atoms with van der Waals surface area (Å²) in [5.74, 6) is -0.114. The quantitative estimate of drug-likeness (QED) is 0.614. The first kappa shape index (κ1) is 10.1. The van der Waals surface area contributed by atoms with Gasteiger partial charge in [-0.15, -0.1) is 0 Å². The lowest BCUT2D eigenvalue weighted by Gasteiger charge is -2.08. The van der Waals surface area contributed by atoms with E-state index in [4.69, 9.17) is 0 Å². The molecule has 0 aliphatic heterocycles. The molecule has 7 heteroatoms. The molecule has 0 saturated heterocycles. The van der Waals surface area contributed by atoms with Gasteiger partial charge in [0.25, 0.3) is 0 Å². The van der Waals surface area contributed by atoms with Crippen LogP contribution in [0.15, 0.2) is 6.07 Å². The number of nitrogens with one attached hydrogen (secondary N) is 1. The monoisotopic (exact) mass is 221 g/mol. The molecule has 0 bridgehead atoms. The maximum Gasteiger partial charge on any atom is 0.433 e. The summed E-state index contributed by atoms with van der Waals surface area (Å²) in [4.78, 5) is 5.93. The Balaban J connectivity index is 2.27. The van der Waals surface area contributed by atoms with Crippen LogP contribution in [0.1, 0.15) is 18.5 Å². The minimum atomic E-state index is -4.65. The molecule has 15 heavy (non-hydrogen) atoms. The average molecular weight is 221 g/mol. The number of halogens is 4. The van der Waals surface area contributed by atoms with E-state index in [-0.39, 0.29) is 11.9 Å². The topological polar surface area (TPSA) is 37.8 Å². The van der Waals surface area contributed by atoms with Gasteiger partial charge in [-0.25, -0.2) is 0 Å². The van der Waals surface area contributed by atoms with Crippen LogP contribution in [0, 0.1) is 6.08 Å². The van der Waals surface area contributed by atoms with Crippen molar-refractivity contribution in [2.24, 2.45) is 0 Å². The van der Waals surface area contributed by atoms with Crippen LogP contribution >= 0.6 is 0 Å². The Morgan fingerprint density at radius 2 is 1.93 bits per heavy atom. The molecule has 1 aliphatic rings. The van der Waals surface area contributed by atoms with Crippen LogP contribution < -0.4 is 5.32 Å². The number of alkyl halides is 3. The van der Waals surface area contributed by atoms with Gasteiger partial charge >= 0.3 is 12.3 Å². The molecule has 1 heterocycles. The maximum atomic E-state index is 12.7. The van der Waals surface area contributed by atoms with E-state index in [1.165, 1.54) is 0 Å². The highest BCUT2D eigenvalue weighted by Crippen LogP contribution is 2.30. The van der Waals surface area contributed by atoms with E-state index in [1.807, 2.05) is 0 Å². The summed E-state index contributed by atoms with van der Waals surface area (Å²) in [5, 5.41) is 2.68. The van der Waals surface area contributed by atoms with Gasteiger partial charge in [0.1, 0.15) is 5.82 Å². The second-order valence-corrected chi connectivity index (χ2v) is 3.32. The van der Waals surface area contributed by atoms with Crippen LogP contribution in [0.25, 0.3) is 0 Å². The first-order valence-electron chi connectivity index (χ1n) is 4.33. The minimum Gasteiger partial charge on any atom is -0.367 e. The highest BCUT2D eigenvalue weighted by molar-refractivity contribution is 5.38. The average Bonchev–Trinajstić information content (AvgIpc) is 2.85. The van der Waals surface area contributed by atoms with Crippen molar-refractivity contribution in [1.82, 2.24) is 9.97 Å². The lowest BCUT2D eigenvalue weighted by Crippen LogP contribution is -2.13. The minimum absolute atomic E-state index is 0.111. The zero-order chi connectivity index (χ0) is 11.1. The third-order valence-corrected chi connectivity index (χ3v) is 1.92. The third-order valence-electron chi connectivity index (χ3n) is 1.92. The van der Waals surface area contributed by atoms with Crippen molar-refractivity contribution < 1.29 is 17.6 Å². The van der Waals surface area contributed by atoms with E-state index in [2.05, 4.69) is 15.3 Å². The van der Waals surface area contributed by atoms with Crippen molar-refractivity contribution in [3.8, 4) is 0 Å². The number of anilines is 1. The number of hydrogen-bond donors (Lipinski definition) is 1. The highest BCUT2D eigenvalue weighted by Gasteiger charge is 2.34. The Bertz CT molecular complexity index is 373. The van der Waals surface area contributed by atoms with Crippen molar-refractivity contribution in [1.29, 1.82) is 0 Å².